The number of carbonyl (C=O) groups excluding carboxylic acids is 1. The van der Waals surface area contributed by atoms with Gasteiger partial charge < -0.3 is 23.9 Å². The van der Waals surface area contributed by atoms with E-state index in [9.17, 15) is 4.79 Å². The van der Waals surface area contributed by atoms with Gasteiger partial charge in [-0.3, -0.25) is 4.79 Å². The van der Waals surface area contributed by atoms with E-state index in [1.165, 1.54) is 47.2 Å². The number of hydrogen-bond acceptors (Lipinski definition) is 5. The fourth-order valence-electron chi connectivity index (χ4n) is 5.84. The first-order chi connectivity index (χ1) is 20.3. The average Bonchev–Trinajstić information content (AvgIpc) is 3.61. The van der Waals surface area contributed by atoms with Crippen LogP contribution < -0.4 is 0 Å². The zero-order valence-electron chi connectivity index (χ0n) is 24.1. The van der Waals surface area contributed by atoms with E-state index in [-0.39, 0.29) is 31.6 Å². The molecule has 8 aromatic rings. The number of allylic oxidation sites excluding steroid dienone is 2. The molecule has 3 aromatic carbocycles. The van der Waals surface area contributed by atoms with Gasteiger partial charge in [-0.05, 0) is 54.7 Å². The Morgan fingerprint density at radius 2 is 1.63 bits per heavy atom. The second-order valence-corrected chi connectivity index (χ2v) is 11.0. The molecule has 7 heteroatoms. The van der Waals surface area contributed by atoms with Gasteiger partial charge in [0.2, 0.25) is 0 Å². The van der Waals surface area contributed by atoms with Crippen molar-refractivity contribution >= 4 is 65.9 Å². The Kier molecular flexibility index (Phi) is 7.25. The second-order valence-electron chi connectivity index (χ2n) is 11.0. The van der Waals surface area contributed by atoms with Gasteiger partial charge in [-0.1, -0.05) is 67.8 Å². The SMILES string of the molecule is CC(=O)/C=C(/C)O.CC(C)c1ccc(-c2[c-]nc3c(c2)c2cccc4c5cc6c(cc5n3c42)oc2ccccc26)nc1.[Ir]. The number of para-hydroxylation sites is 2. The first kappa shape index (κ1) is 28.5. The molecule has 215 valence electrons. The van der Waals surface area contributed by atoms with Crippen molar-refractivity contribution in [2.24, 2.45) is 0 Å². The molecule has 0 spiro atoms. The topological polar surface area (TPSA) is 80.6 Å². The van der Waals surface area contributed by atoms with E-state index in [2.05, 4.69) is 85.1 Å². The fraction of sp³-hybridized carbons (Fsp3) is 0.139. The van der Waals surface area contributed by atoms with Crippen molar-refractivity contribution in [2.75, 3.05) is 0 Å². The summed E-state index contributed by atoms with van der Waals surface area (Å²) in [6.45, 7) is 7.21. The summed E-state index contributed by atoms with van der Waals surface area (Å²) in [6, 6.07) is 25.6. The largest absolute Gasteiger partial charge is 0.512 e. The van der Waals surface area contributed by atoms with Crippen LogP contribution >= 0.6 is 0 Å². The van der Waals surface area contributed by atoms with Crippen molar-refractivity contribution in [3.8, 4) is 11.3 Å². The minimum Gasteiger partial charge on any atom is -0.512 e. The van der Waals surface area contributed by atoms with Gasteiger partial charge in [-0.15, -0.1) is 11.6 Å². The monoisotopic (exact) mass is 743 g/mol. The molecule has 0 aliphatic heterocycles. The van der Waals surface area contributed by atoms with E-state index in [0.717, 1.165) is 49.7 Å². The molecule has 0 atom stereocenters. The number of benzene rings is 3. The first-order valence-corrected chi connectivity index (χ1v) is 14.0. The molecule has 0 saturated heterocycles. The summed E-state index contributed by atoms with van der Waals surface area (Å²) < 4.78 is 8.48. The van der Waals surface area contributed by atoms with Crippen molar-refractivity contribution in [3.05, 3.63) is 103 Å². The molecule has 0 saturated carbocycles. The van der Waals surface area contributed by atoms with Crippen LogP contribution in [0, 0.1) is 6.20 Å². The third-order valence-electron chi connectivity index (χ3n) is 7.74. The Bertz CT molecular complexity index is 2320. The third kappa shape index (κ3) is 4.75. The fourth-order valence-corrected chi connectivity index (χ4v) is 5.84. The van der Waals surface area contributed by atoms with Crippen LogP contribution in [-0.4, -0.2) is 25.3 Å². The normalized spacial score (nSPS) is 12.1. The number of aromatic nitrogens is 3. The molecule has 0 amide bonds. The minimum absolute atomic E-state index is 0. The van der Waals surface area contributed by atoms with Crippen molar-refractivity contribution in [1.82, 2.24) is 14.4 Å². The molecule has 8 rings (SSSR count). The zero-order chi connectivity index (χ0) is 29.1. The van der Waals surface area contributed by atoms with Gasteiger partial charge in [0.05, 0.1) is 22.4 Å². The van der Waals surface area contributed by atoms with Crippen LogP contribution in [0.25, 0.3) is 71.4 Å². The molecule has 0 aliphatic carbocycles. The van der Waals surface area contributed by atoms with Crippen LogP contribution in [0.4, 0.5) is 0 Å². The quantitative estimate of drug-likeness (QED) is 0.111. The predicted octanol–water partition coefficient (Wildman–Crippen LogP) is 9.15. The van der Waals surface area contributed by atoms with Gasteiger partial charge in [-0.2, -0.15) is 0 Å². The Hall–Kier alpha value is -4.58. The van der Waals surface area contributed by atoms with Crippen LogP contribution in [0.2, 0.25) is 0 Å². The molecule has 6 nitrogen and oxygen atoms in total. The molecule has 5 heterocycles. The van der Waals surface area contributed by atoms with Crippen LogP contribution in [0.1, 0.15) is 39.2 Å². The second kappa shape index (κ2) is 10.9. The maximum absolute atomic E-state index is 10.0. The number of furan rings is 1. The summed E-state index contributed by atoms with van der Waals surface area (Å²) in [5.74, 6) is 0.390. The number of aliphatic hydroxyl groups excluding tert-OH is 1. The third-order valence-corrected chi connectivity index (χ3v) is 7.74. The summed E-state index contributed by atoms with van der Waals surface area (Å²) >= 11 is 0. The van der Waals surface area contributed by atoms with E-state index in [1.807, 2.05) is 18.3 Å². The molecule has 5 aromatic heterocycles. The molecular weight excluding hydrogens is 715 g/mol. The van der Waals surface area contributed by atoms with Gasteiger partial charge in [-0.25, -0.2) is 0 Å². The van der Waals surface area contributed by atoms with Crippen molar-refractivity contribution in [1.29, 1.82) is 0 Å². The molecule has 0 fully saturated rings. The molecule has 0 unspecified atom stereocenters. The molecule has 1 N–H and O–H groups in total. The number of fused-ring (bicyclic) bond motifs is 9. The molecule has 43 heavy (non-hydrogen) atoms. The standard InChI is InChI=1S/C31H20N3O.C5H8O2.Ir/c1-17(2)18-10-11-26(32-15-18)19-12-25-22-8-5-7-21-23-13-24-20-6-3-4-9-28(20)35-29(24)14-27(23)34(30(21)22)31(25)33-16-19;1-4(6)3-5(2)7;/h3-15,17H,1-2H3;3,6H,1-2H3;/q-1;;/b;4-3-;. The van der Waals surface area contributed by atoms with E-state index >= 15 is 0 Å². The van der Waals surface area contributed by atoms with Crippen LogP contribution in [-0.2, 0) is 24.9 Å². The minimum atomic E-state index is -0.125. The van der Waals surface area contributed by atoms with Crippen LogP contribution in [0.3, 0.4) is 0 Å². The maximum atomic E-state index is 10.0. The molecule has 0 bridgehead atoms. The number of rotatable bonds is 3. The van der Waals surface area contributed by atoms with E-state index < -0.39 is 0 Å². The average molecular weight is 743 g/mol. The van der Waals surface area contributed by atoms with E-state index in [4.69, 9.17) is 19.5 Å². The van der Waals surface area contributed by atoms with Gasteiger partial charge in [0.1, 0.15) is 11.2 Å². The van der Waals surface area contributed by atoms with Gasteiger partial charge >= 0.3 is 0 Å². The summed E-state index contributed by atoms with van der Waals surface area (Å²) in [4.78, 5) is 19.6. The number of carbonyl (C=O) groups is 1. The summed E-state index contributed by atoms with van der Waals surface area (Å²) in [6.07, 6.45) is 6.39. The van der Waals surface area contributed by atoms with Crippen molar-refractivity contribution in [2.45, 2.75) is 33.6 Å². The van der Waals surface area contributed by atoms with Crippen LogP contribution in [0.5, 0.6) is 0 Å². The van der Waals surface area contributed by atoms with Gasteiger partial charge in [0.15, 0.2) is 5.78 Å². The smallest absolute Gasteiger partial charge is 0.155 e. The molecule has 0 aliphatic rings. The molecular formula is C36H28IrN3O3-. The zero-order valence-corrected chi connectivity index (χ0v) is 26.5. The van der Waals surface area contributed by atoms with E-state index in [0.29, 0.717) is 5.92 Å². The summed E-state index contributed by atoms with van der Waals surface area (Å²) in [5, 5.41) is 15.4. The van der Waals surface area contributed by atoms with Crippen molar-refractivity contribution < 1.29 is 34.4 Å². The van der Waals surface area contributed by atoms with Gasteiger partial charge in [0, 0.05) is 60.0 Å². The first-order valence-electron chi connectivity index (χ1n) is 14.0. The van der Waals surface area contributed by atoms with Crippen molar-refractivity contribution in [3.63, 3.8) is 0 Å². The van der Waals surface area contributed by atoms with E-state index in [1.54, 1.807) is 0 Å². The number of pyridine rings is 2. The number of hydrogen-bond donors (Lipinski definition) is 1. The number of nitrogens with zero attached hydrogens (tertiary/aromatic N) is 3. The molecule has 1 radical (unpaired) electrons. The Morgan fingerprint density at radius 3 is 2.30 bits per heavy atom. The number of aliphatic hydroxyl groups is 1. The Labute approximate surface area is 261 Å². The Morgan fingerprint density at radius 1 is 0.884 bits per heavy atom. The Balaban J connectivity index is 0.000000371. The summed E-state index contributed by atoms with van der Waals surface area (Å²) in [5.41, 5.74) is 8.03. The number of ketones is 1. The van der Waals surface area contributed by atoms with Gasteiger partial charge in [0.25, 0.3) is 0 Å². The summed E-state index contributed by atoms with van der Waals surface area (Å²) in [7, 11) is 0. The van der Waals surface area contributed by atoms with Crippen LogP contribution in [0.15, 0.2) is 95.2 Å². The maximum Gasteiger partial charge on any atom is 0.155 e. The predicted molar refractivity (Wildman–Crippen MR) is 169 cm³/mol.